The normalized spacial score (nSPS) is 15.5. The summed E-state index contributed by atoms with van der Waals surface area (Å²) in [5.74, 6) is -0.336. The Morgan fingerprint density at radius 2 is 2.04 bits per heavy atom. The minimum atomic E-state index is -0.336. The number of ether oxygens (including phenoxy) is 1. The van der Waals surface area contributed by atoms with E-state index < -0.39 is 0 Å². The van der Waals surface area contributed by atoms with Gasteiger partial charge in [-0.15, -0.1) is 22.7 Å². The highest BCUT2D eigenvalue weighted by Crippen LogP contribution is 2.38. The van der Waals surface area contributed by atoms with Gasteiger partial charge in [0, 0.05) is 22.8 Å². The van der Waals surface area contributed by atoms with Crippen molar-refractivity contribution >= 4 is 39.7 Å². The van der Waals surface area contributed by atoms with E-state index in [2.05, 4.69) is 21.3 Å². The molecule has 8 heteroatoms. The van der Waals surface area contributed by atoms with Crippen LogP contribution in [-0.2, 0) is 37.1 Å². The second-order valence-electron chi connectivity index (χ2n) is 7.03. The first-order chi connectivity index (χ1) is 13.7. The summed E-state index contributed by atoms with van der Waals surface area (Å²) in [6, 6.07) is -0.280. The highest BCUT2D eigenvalue weighted by Gasteiger charge is 2.27. The lowest BCUT2D eigenvalue weighted by Gasteiger charge is -2.15. The molecule has 0 atom stereocenters. The third kappa shape index (κ3) is 3.94. The lowest BCUT2D eigenvalue weighted by Crippen LogP contribution is -2.29. The summed E-state index contributed by atoms with van der Waals surface area (Å²) < 4.78 is 5.25. The predicted molar refractivity (Wildman–Crippen MR) is 113 cm³/mol. The molecule has 0 bridgehead atoms. The lowest BCUT2D eigenvalue weighted by molar-refractivity contribution is 0.0526. The molecule has 2 aliphatic rings. The highest BCUT2D eigenvalue weighted by molar-refractivity contribution is 7.17. The van der Waals surface area contributed by atoms with Crippen molar-refractivity contribution in [3.05, 3.63) is 37.4 Å². The molecule has 1 aliphatic carbocycles. The van der Waals surface area contributed by atoms with E-state index in [1.807, 2.05) is 0 Å². The van der Waals surface area contributed by atoms with Gasteiger partial charge in [-0.25, -0.2) is 9.59 Å². The van der Waals surface area contributed by atoms with Gasteiger partial charge in [0.25, 0.3) is 0 Å². The highest BCUT2D eigenvalue weighted by atomic mass is 32.1. The van der Waals surface area contributed by atoms with Crippen LogP contribution in [0.2, 0.25) is 0 Å². The summed E-state index contributed by atoms with van der Waals surface area (Å²) in [6.45, 7) is 4.51. The lowest BCUT2D eigenvalue weighted by atomic mass is 9.95. The molecule has 0 saturated carbocycles. The fourth-order valence-corrected chi connectivity index (χ4v) is 6.21. The molecule has 28 heavy (non-hydrogen) atoms. The van der Waals surface area contributed by atoms with Gasteiger partial charge in [0.05, 0.1) is 12.2 Å². The molecule has 0 saturated heterocycles. The molecule has 0 radical (unpaired) electrons. The van der Waals surface area contributed by atoms with Gasteiger partial charge in [0.1, 0.15) is 5.00 Å². The van der Waals surface area contributed by atoms with E-state index in [0.29, 0.717) is 23.7 Å². The first-order valence-electron chi connectivity index (χ1n) is 9.82. The van der Waals surface area contributed by atoms with Crippen molar-refractivity contribution in [3.63, 3.8) is 0 Å². The number of nitrogens with one attached hydrogen (secondary N) is 3. The average molecular weight is 420 g/mol. The van der Waals surface area contributed by atoms with E-state index in [9.17, 15) is 9.59 Å². The van der Waals surface area contributed by atoms with Crippen molar-refractivity contribution in [3.8, 4) is 0 Å². The Labute approximate surface area is 172 Å². The van der Waals surface area contributed by atoms with E-state index in [-0.39, 0.29) is 12.0 Å². The second kappa shape index (κ2) is 8.63. The SMILES string of the molecule is CCOC(=O)c1c(NC(=O)NCc2csc3c2CCNC3)sc2c1CCCC2. The fraction of sp³-hybridized carbons (Fsp3) is 0.500. The number of carbonyl (C=O) groups excluding carboxylic acids is 2. The summed E-state index contributed by atoms with van der Waals surface area (Å²) in [6.07, 6.45) is 5.03. The van der Waals surface area contributed by atoms with Gasteiger partial charge in [-0.3, -0.25) is 5.32 Å². The van der Waals surface area contributed by atoms with Crippen LogP contribution in [0.4, 0.5) is 9.80 Å². The summed E-state index contributed by atoms with van der Waals surface area (Å²) in [4.78, 5) is 27.6. The van der Waals surface area contributed by atoms with E-state index in [0.717, 1.165) is 50.8 Å². The maximum absolute atomic E-state index is 12.5. The fourth-order valence-electron chi connectivity index (χ4n) is 3.87. The first kappa shape index (κ1) is 19.4. The number of fused-ring (bicyclic) bond motifs is 2. The number of esters is 1. The summed E-state index contributed by atoms with van der Waals surface area (Å²) in [5, 5.41) is 12.0. The Morgan fingerprint density at radius 3 is 2.89 bits per heavy atom. The number of aryl methyl sites for hydroxylation is 1. The Hall–Kier alpha value is -1.90. The minimum absolute atomic E-state index is 0.280. The predicted octanol–water partition coefficient (Wildman–Crippen LogP) is 3.83. The number of hydrogen-bond donors (Lipinski definition) is 3. The minimum Gasteiger partial charge on any atom is -0.462 e. The molecule has 2 amide bonds. The van der Waals surface area contributed by atoms with Crippen molar-refractivity contribution in [1.82, 2.24) is 10.6 Å². The van der Waals surface area contributed by atoms with E-state index in [1.54, 1.807) is 18.3 Å². The monoisotopic (exact) mass is 419 g/mol. The zero-order valence-corrected chi connectivity index (χ0v) is 17.6. The molecular weight excluding hydrogens is 394 g/mol. The quantitative estimate of drug-likeness (QED) is 0.644. The van der Waals surface area contributed by atoms with Gasteiger partial charge in [-0.05, 0) is 67.6 Å². The Kier molecular flexibility index (Phi) is 5.99. The van der Waals surface area contributed by atoms with Crippen molar-refractivity contribution < 1.29 is 14.3 Å². The van der Waals surface area contributed by atoms with E-state index >= 15 is 0 Å². The van der Waals surface area contributed by atoms with Crippen molar-refractivity contribution in [2.24, 2.45) is 0 Å². The standard InChI is InChI=1S/C20H25N3O3S2/c1-2-26-19(24)17-14-5-3-4-6-15(14)28-18(17)23-20(25)22-9-12-11-27-16-10-21-8-7-13(12)16/h11,21H,2-10H2,1H3,(H2,22,23,25). The number of hydrogen-bond acceptors (Lipinski definition) is 6. The van der Waals surface area contributed by atoms with Gasteiger partial charge in [0.2, 0.25) is 0 Å². The molecule has 3 N–H and O–H groups in total. The molecule has 6 nitrogen and oxygen atoms in total. The van der Waals surface area contributed by atoms with Crippen LogP contribution < -0.4 is 16.0 Å². The van der Waals surface area contributed by atoms with Crippen LogP contribution in [0.1, 0.15) is 56.6 Å². The van der Waals surface area contributed by atoms with Gasteiger partial charge in [-0.1, -0.05) is 0 Å². The van der Waals surface area contributed by atoms with Crippen LogP contribution in [-0.4, -0.2) is 25.2 Å². The molecular formula is C20H25N3O3S2. The van der Waals surface area contributed by atoms with Crippen LogP contribution in [0, 0.1) is 0 Å². The zero-order valence-electron chi connectivity index (χ0n) is 16.0. The molecule has 2 aromatic rings. The number of urea groups is 1. The van der Waals surface area contributed by atoms with Crippen LogP contribution in [0.25, 0.3) is 0 Å². The second-order valence-corrected chi connectivity index (χ2v) is 9.10. The summed E-state index contributed by atoms with van der Waals surface area (Å²) >= 11 is 3.26. The van der Waals surface area contributed by atoms with E-state index in [1.165, 1.54) is 32.2 Å². The number of carbonyl (C=O) groups is 2. The number of anilines is 1. The van der Waals surface area contributed by atoms with Crippen LogP contribution in [0.15, 0.2) is 5.38 Å². The Bertz CT molecular complexity index is 888. The molecule has 0 fully saturated rings. The molecule has 1 aliphatic heterocycles. The molecule has 150 valence electrons. The topological polar surface area (TPSA) is 79.5 Å². The number of amides is 2. The molecule has 3 heterocycles. The van der Waals surface area contributed by atoms with Crippen molar-refractivity contribution in [2.45, 2.75) is 52.1 Å². The Morgan fingerprint density at radius 1 is 1.18 bits per heavy atom. The third-order valence-corrected chi connectivity index (χ3v) is 7.51. The molecule has 4 rings (SSSR count). The molecule has 2 aromatic heterocycles. The van der Waals surface area contributed by atoms with Crippen LogP contribution in [0.5, 0.6) is 0 Å². The summed E-state index contributed by atoms with van der Waals surface area (Å²) in [7, 11) is 0. The van der Waals surface area contributed by atoms with Gasteiger partial charge in [-0.2, -0.15) is 0 Å². The molecule has 0 spiro atoms. The van der Waals surface area contributed by atoms with Crippen LogP contribution in [0.3, 0.4) is 0 Å². The number of thiophene rings is 2. The third-order valence-electron chi connectivity index (χ3n) is 5.22. The average Bonchev–Trinajstić information content (AvgIpc) is 3.27. The largest absolute Gasteiger partial charge is 0.462 e. The van der Waals surface area contributed by atoms with Crippen LogP contribution >= 0.6 is 22.7 Å². The molecule has 0 aromatic carbocycles. The van der Waals surface area contributed by atoms with Gasteiger partial charge < -0.3 is 15.4 Å². The maximum Gasteiger partial charge on any atom is 0.341 e. The van der Waals surface area contributed by atoms with Gasteiger partial charge in [0.15, 0.2) is 0 Å². The van der Waals surface area contributed by atoms with Gasteiger partial charge >= 0.3 is 12.0 Å². The van der Waals surface area contributed by atoms with Crippen molar-refractivity contribution in [2.75, 3.05) is 18.5 Å². The maximum atomic E-state index is 12.5. The number of rotatable bonds is 5. The summed E-state index contributed by atoms with van der Waals surface area (Å²) in [5.41, 5.74) is 4.16. The molecule has 0 unspecified atom stereocenters. The zero-order chi connectivity index (χ0) is 19.5. The first-order valence-corrected chi connectivity index (χ1v) is 11.5. The smallest absolute Gasteiger partial charge is 0.341 e. The van der Waals surface area contributed by atoms with Crippen molar-refractivity contribution in [1.29, 1.82) is 0 Å². The Balaban J connectivity index is 1.46. The van der Waals surface area contributed by atoms with E-state index in [4.69, 9.17) is 4.74 Å².